The van der Waals surface area contributed by atoms with Gasteiger partial charge >= 0.3 is 0 Å². The first-order chi connectivity index (χ1) is 4.83. The monoisotopic (exact) mass is 145 g/mol. The van der Waals surface area contributed by atoms with Crippen LogP contribution in [0.2, 0.25) is 0 Å². The Bertz CT molecular complexity index is 120. The maximum atomic E-state index is 10.4. The Morgan fingerprint density at radius 3 is 3.10 bits per heavy atom. The maximum Gasteiger partial charge on any atom is 0.287 e. The van der Waals surface area contributed by atoms with Crippen molar-refractivity contribution in [2.45, 2.75) is 12.8 Å². The fourth-order valence-corrected chi connectivity index (χ4v) is 0.896. The van der Waals surface area contributed by atoms with Gasteiger partial charge in [-0.2, -0.15) is 0 Å². The predicted octanol–water partition coefficient (Wildman–Crippen LogP) is -0.505. The Hall–Kier alpha value is -0.450. The van der Waals surface area contributed by atoms with Crippen LogP contribution in [-0.2, 0) is 14.3 Å². The van der Waals surface area contributed by atoms with Crippen molar-refractivity contribution in [2.75, 3.05) is 19.8 Å². The third-order valence-electron chi connectivity index (χ3n) is 1.30. The summed E-state index contributed by atoms with van der Waals surface area (Å²) < 4.78 is 10.1. The molecule has 58 valence electrons. The molecular formula is C6H11NO3. The molecule has 0 spiro atoms. The topological polar surface area (TPSA) is 47.6 Å². The maximum absolute atomic E-state index is 10.4. The summed E-state index contributed by atoms with van der Waals surface area (Å²) in [5.74, 6) is -1.14. The van der Waals surface area contributed by atoms with E-state index in [0.29, 0.717) is 26.0 Å². The zero-order chi connectivity index (χ0) is 7.45. The third kappa shape index (κ3) is 1.34. The van der Waals surface area contributed by atoms with Gasteiger partial charge in [0, 0.05) is 13.2 Å². The summed E-state index contributed by atoms with van der Waals surface area (Å²) in [6.45, 7) is 3.47. The van der Waals surface area contributed by atoms with Gasteiger partial charge in [-0.3, -0.25) is 10.1 Å². The summed E-state index contributed by atoms with van der Waals surface area (Å²) in [5.41, 5.74) is 0. The van der Waals surface area contributed by atoms with Crippen LogP contribution >= 0.6 is 0 Å². The van der Waals surface area contributed by atoms with Crippen molar-refractivity contribution in [3.63, 3.8) is 0 Å². The molecule has 10 heavy (non-hydrogen) atoms. The Morgan fingerprint density at radius 2 is 2.70 bits per heavy atom. The predicted molar refractivity (Wildman–Crippen MR) is 34.4 cm³/mol. The molecule has 1 N–H and O–H groups in total. The van der Waals surface area contributed by atoms with Gasteiger partial charge in [0.2, 0.25) is 0 Å². The number of hydrogen-bond donors (Lipinski definition) is 1. The van der Waals surface area contributed by atoms with Crippen molar-refractivity contribution in [3.8, 4) is 0 Å². The zero-order valence-electron chi connectivity index (χ0n) is 5.92. The SMILES string of the molecule is CCOC1(C=O)NCCO1. The summed E-state index contributed by atoms with van der Waals surface area (Å²) in [5, 5.41) is 2.81. The Labute approximate surface area is 59.5 Å². The Balaban J connectivity index is 2.49. The standard InChI is InChI=1S/C6H11NO3/c1-2-9-6(5-8)7-3-4-10-6/h5,7H,2-4H2,1H3. The van der Waals surface area contributed by atoms with E-state index < -0.39 is 5.91 Å². The van der Waals surface area contributed by atoms with Crippen LogP contribution < -0.4 is 5.32 Å². The number of rotatable bonds is 3. The molecule has 4 nitrogen and oxygen atoms in total. The quantitative estimate of drug-likeness (QED) is 0.544. The minimum atomic E-state index is -1.14. The van der Waals surface area contributed by atoms with E-state index in [9.17, 15) is 4.79 Å². The molecule has 0 aromatic heterocycles. The molecule has 4 heteroatoms. The second kappa shape index (κ2) is 3.09. The fraction of sp³-hybridized carbons (Fsp3) is 0.833. The van der Waals surface area contributed by atoms with Gasteiger partial charge < -0.3 is 9.47 Å². The van der Waals surface area contributed by atoms with Gasteiger partial charge in [0.25, 0.3) is 5.91 Å². The van der Waals surface area contributed by atoms with Gasteiger partial charge in [-0.25, -0.2) is 0 Å². The van der Waals surface area contributed by atoms with Gasteiger partial charge in [-0.05, 0) is 6.92 Å². The first-order valence-corrected chi connectivity index (χ1v) is 3.32. The Morgan fingerprint density at radius 1 is 1.90 bits per heavy atom. The minimum absolute atomic E-state index is 0.464. The summed E-state index contributed by atoms with van der Waals surface area (Å²) in [4.78, 5) is 10.4. The van der Waals surface area contributed by atoms with Crippen molar-refractivity contribution in [1.82, 2.24) is 5.32 Å². The normalized spacial score (nSPS) is 32.5. The molecule has 0 amide bonds. The van der Waals surface area contributed by atoms with E-state index in [1.54, 1.807) is 0 Å². The number of carbonyl (C=O) groups is 1. The second-order valence-electron chi connectivity index (χ2n) is 1.99. The molecule has 0 aromatic rings. The third-order valence-corrected chi connectivity index (χ3v) is 1.30. The summed E-state index contributed by atoms with van der Waals surface area (Å²) in [6.07, 6.45) is 0.642. The zero-order valence-corrected chi connectivity index (χ0v) is 5.92. The highest BCUT2D eigenvalue weighted by Crippen LogP contribution is 2.10. The van der Waals surface area contributed by atoms with Crippen LogP contribution in [0.5, 0.6) is 0 Å². The van der Waals surface area contributed by atoms with Crippen LogP contribution in [0.4, 0.5) is 0 Å². The highest BCUT2D eigenvalue weighted by Gasteiger charge is 2.34. The van der Waals surface area contributed by atoms with E-state index in [0.717, 1.165) is 0 Å². The lowest BCUT2D eigenvalue weighted by Crippen LogP contribution is -2.45. The van der Waals surface area contributed by atoms with Gasteiger partial charge in [0.05, 0.1) is 6.61 Å². The number of carbonyl (C=O) groups excluding carboxylic acids is 1. The molecule has 1 atom stereocenters. The highest BCUT2D eigenvalue weighted by molar-refractivity contribution is 5.59. The van der Waals surface area contributed by atoms with Crippen LogP contribution in [0.25, 0.3) is 0 Å². The molecule has 1 fully saturated rings. The van der Waals surface area contributed by atoms with E-state index in [1.165, 1.54) is 0 Å². The molecular weight excluding hydrogens is 134 g/mol. The average Bonchev–Trinajstić information content (AvgIpc) is 2.39. The molecule has 1 rings (SSSR count). The molecule has 0 aromatic carbocycles. The summed E-state index contributed by atoms with van der Waals surface area (Å²) in [7, 11) is 0. The van der Waals surface area contributed by atoms with Crippen molar-refractivity contribution in [2.24, 2.45) is 0 Å². The molecule has 1 saturated heterocycles. The smallest absolute Gasteiger partial charge is 0.287 e. The molecule has 0 aliphatic carbocycles. The number of nitrogens with one attached hydrogen (secondary N) is 1. The fourth-order valence-electron chi connectivity index (χ4n) is 0.896. The summed E-state index contributed by atoms with van der Waals surface area (Å²) >= 11 is 0. The van der Waals surface area contributed by atoms with Gasteiger partial charge in [0.1, 0.15) is 0 Å². The lowest BCUT2D eigenvalue weighted by atomic mass is 10.5. The van der Waals surface area contributed by atoms with E-state index in [4.69, 9.17) is 9.47 Å². The first kappa shape index (κ1) is 7.65. The van der Waals surface area contributed by atoms with E-state index >= 15 is 0 Å². The molecule has 0 saturated carbocycles. The molecule has 0 bridgehead atoms. The van der Waals surface area contributed by atoms with Crippen LogP contribution in [0.3, 0.4) is 0 Å². The van der Waals surface area contributed by atoms with Gasteiger partial charge in [0.15, 0.2) is 6.29 Å². The second-order valence-corrected chi connectivity index (χ2v) is 1.99. The van der Waals surface area contributed by atoms with Crippen LogP contribution in [0.1, 0.15) is 6.92 Å². The lowest BCUT2D eigenvalue weighted by molar-refractivity contribution is -0.205. The van der Waals surface area contributed by atoms with Crippen LogP contribution in [0.15, 0.2) is 0 Å². The van der Waals surface area contributed by atoms with Crippen molar-refractivity contribution in [3.05, 3.63) is 0 Å². The lowest BCUT2D eigenvalue weighted by Gasteiger charge is -2.20. The largest absolute Gasteiger partial charge is 0.332 e. The number of ether oxygens (including phenoxy) is 2. The van der Waals surface area contributed by atoms with Crippen molar-refractivity contribution < 1.29 is 14.3 Å². The average molecular weight is 145 g/mol. The number of hydrogen-bond acceptors (Lipinski definition) is 4. The molecule has 1 unspecified atom stereocenters. The molecule has 1 aliphatic rings. The number of aldehydes is 1. The summed E-state index contributed by atoms with van der Waals surface area (Å²) in [6, 6.07) is 0. The van der Waals surface area contributed by atoms with Crippen molar-refractivity contribution in [1.29, 1.82) is 0 Å². The van der Waals surface area contributed by atoms with E-state index in [-0.39, 0.29) is 0 Å². The van der Waals surface area contributed by atoms with Gasteiger partial charge in [-0.1, -0.05) is 0 Å². The van der Waals surface area contributed by atoms with E-state index in [2.05, 4.69) is 5.32 Å². The molecule has 1 aliphatic heterocycles. The Kier molecular flexibility index (Phi) is 2.37. The molecule has 1 heterocycles. The molecule has 0 radical (unpaired) electrons. The first-order valence-electron chi connectivity index (χ1n) is 3.32. The van der Waals surface area contributed by atoms with Crippen molar-refractivity contribution >= 4 is 6.29 Å². The highest BCUT2D eigenvalue weighted by atomic mass is 16.7. The van der Waals surface area contributed by atoms with Crippen LogP contribution in [-0.4, -0.2) is 32.0 Å². The van der Waals surface area contributed by atoms with Crippen LogP contribution in [0, 0.1) is 0 Å². The van der Waals surface area contributed by atoms with E-state index in [1.807, 2.05) is 6.92 Å². The van der Waals surface area contributed by atoms with Gasteiger partial charge in [-0.15, -0.1) is 0 Å². The minimum Gasteiger partial charge on any atom is -0.332 e.